The number of rotatable bonds is 5. The molecule has 1 aliphatic heterocycles. The fraction of sp³-hybridized carbons (Fsp3) is 0.471. The molecule has 2 atom stereocenters. The van der Waals surface area contributed by atoms with Crippen LogP contribution in [0.4, 0.5) is 4.79 Å². The number of benzene rings is 1. The summed E-state index contributed by atoms with van der Waals surface area (Å²) in [6, 6.07) is 2.62. The first-order valence-electron chi connectivity index (χ1n) is 8.63. The van der Waals surface area contributed by atoms with Crippen LogP contribution in [-0.4, -0.2) is 49.8 Å². The normalized spacial score (nSPS) is 18.9. The van der Waals surface area contributed by atoms with Gasteiger partial charge in [0.25, 0.3) is 5.91 Å². The Morgan fingerprint density at radius 3 is 2.64 bits per heavy atom. The third-order valence-electron chi connectivity index (χ3n) is 4.30. The average molecular weight is 432 g/mol. The highest BCUT2D eigenvalue weighted by atomic mass is 35.5. The Hall–Kier alpha value is -2.17. The molecule has 1 aliphatic rings. The van der Waals surface area contributed by atoms with Crippen molar-refractivity contribution in [1.29, 1.82) is 0 Å². The van der Waals surface area contributed by atoms with Gasteiger partial charge in [-0.3, -0.25) is 10.1 Å². The lowest BCUT2D eigenvalue weighted by Gasteiger charge is -2.30. The number of halogens is 1. The van der Waals surface area contributed by atoms with Crippen molar-refractivity contribution in [3.05, 3.63) is 28.8 Å². The molecule has 0 aromatic heterocycles. The van der Waals surface area contributed by atoms with E-state index in [1.807, 2.05) is 6.92 Å². The molecule has 0 aliphatic carbocycles. The Morgan fingerprint density at radius 1 is 1.36 bits per heavy atom. The van der Waals surface area contributed by atoms with Crippen LogP contribution in [0.3, 0.4) is 0 Å². The summed E-state index contributed by atoms with van der Waals surface area (Å²) in [5.41, 5.74) is 4.75. The van der Waals surface area contributed by atoms with Crippen LogP contribution in [0.2, 0.25) is 5.02 Å². The zero-order valence-corrected chi connectivity index (χ0v) is 17.0. The van der Waals surface area contributed by atoms with Gasteiger partial charge in [-0.2, -0.15) is 4.31 Å². The number of hydrogen-bond donors (Lipinski definition) is 2. The van der Waals surface area contributed by atoms with E-state index in [-0.39, 0.29) is 21.4 Å². The quantitative estimate of drug-likeness (QED) is 0.678. The van der Waals surface area contributed by atoms with Crippen LogP contribution in [0, 0.1) is 5.92 Å². The smallest absolute Gasteiger partial charge is 0.338 e. The number of urea groups is 1. The molecule has 0 bridgehead atoms. The van der Waals surface area contributed by atoms with E-state index < -0.39 is 34.0 Å². The molecule has 1 fully saturated rings. The molecule has 0 radical (unpaired) electrons. The molecular weight excluding hydrogens is 410 g/mol. The molecule has 1 heterocycles. The zero-order valence-electron chi connectivity index (χ0n) is 15.5. The van der Waals surface area contributed by atoms with Crippen molar-refractivity contribution in [3.63, 3.8) is 0 Å². The summed E-state index contributed by atoms with van der Waals surface area (Å²) in [5.74, 6) is -1.61. The molecule has 3 N–H and O–H groups in total. The number of primary amides is 1. The maximum Gasteiger partial charge on any atom is 0.338 e. The lowest BCUT2D eigenvalue weighted by molar-refractivity contribution is -0.127. The second-order valence-corrected chi connectivity index (χ2v) is 8.97. The lowest BCUT2D eigenvalue weighted by atomic mass is 10.0. The van der Waals surface area contributed by atoms with Crippen LogP contribution in [-0.2, 0) is 19.6 Å². The van der Waals surface area contributed by atoms with Crippen molar-refractivity contribution >= 4 is 39.5 Å². The molecule has 1 aromatic carbocycles. The molecular formula is C17H22ClN3O6S. The maximum absolute atomic E-state index is 13.0. The van der Waals surface area contributed by atoms with E-state index in [1.54, 1.807) is 5.32 Å². The third kappa shape index (κ3) is 5.21. The first-order chi connectivity index (χ1) is 13.0. The van der Waals surface area contributed by atoms with Crippen LogP contribution >= 0.6 is 11.6 Å². The summed E-state index contributed by atoms with van der Waals surface area (Å²) in [5, 5.41) is 1.77. The van der Waals surface area contributed by atoms with Crippen LogP contribution in [0.15, 0.2) is 23.1 Å². The summed E-state index contributed by atoms with van der Waals surface area (Å²) in [7, 11) is -3.89. The predicted molar refractivity (Wildman–Crippen MR) is 101 cm³/mol. The standard InChI is InChI=1S/C17H22ClN3O6S/c1-10-4-3-7-21(9-10)28(25,26)14-8-12(5-6-13(14)18)16(23)27-11(2)15(22)20-17(19)24/h5-6,8,10-11H,3-4,7,9H2,1-2H3,(H3,19,20,22,24). The molecule has 0 saturated carbocycles. The van der Waals surface area contributed by atoms with Gasteiger partial charge in [-0.25, -0.2) is 18.0 Å². The molecule has 2 unspecified atom stereocenters. The van der Waals surface area contributed by atoms with E-state index in [1.165, 1.54) is 23.4 Å². The molecule has 154 valence electrons. The fourth-order valence-electron chi connectivity index (χ4n) is 2.84. The number of esters is 1. The topological polar surface area (TPSA) is 136 Å². The number of piperidine rings is 1. The minimum Gasteiger partial charge on any atom is -0.449 e. The minimum atomic E-state index is -3.89. The number of carbonyl (C=O) groups excluding carboxylic acids is 3. The average Bonchev–Trinajstić information content (AvgIpc) is 2.61. The van der Waals surface area contributed by atoms with E-state index >= 15 is 0 Å². The number of sulfonamides is 1. The molecule has 1 aromatic rings. The second kappa shape index (κ2) is 8.89. The summed E-state index contributed by atoms with van der Waals surface area (Å²) in [4.78, 5) is 34.4. The van der Waals surface area contributed by atoms with Crippen molar-refractivity contribution in [1.82, 2.24) is 9.62 Å². The molecule has 0 spiro atoms. The lowest BCUT2D eigenvalue weighted by Crippen LogP contribution is -2.42. The third-order valence-corrected chi connectivity index (χ3v) is 6.65. The Balaban J connectivity index is 2.23. The fourth-order valence-corrected chi connectivity index (χ4v) is 4.94. The monoisotopic (exact) mass is 431 g/mol. The van der Waals surface area contributed by atoms with E-state index in [0.29, 0.717) is 13.1 Å². The first-order valence-corrected chi connectivity index (χ1v) is 10.4. The number of amides is 3. The Labute approximate surface area is 168 Å². The molecule has 28 heavy (non-hydrogen) atoms. The molecule has 9 nitrogen and oxygen atoms in total. The van der Waals surface area contributed by atoms with Crippen LogP contribution in [0.5, 0.6) is 0 Å². The Kier molecular flexibility index (Phi) is 7.02. The minimum absolute atomic E-state index is 0.0192. The molecule has 3 amide bonds. The Morgan fingerprint density at radius 2 is 2.04 bits per heavy atom. The number of nitrogens with two attached hydrogens (primary N) is 1. The first kappa shape index (κ1) is 22.1. The van der Waals surface area contributed by atoms with Crippen molar-refractivity contribution in [2.45, 2.75) is 37.7 Å². The SMILES string of the molecule is CC1CCCN(S(=O)(=O)c2cc(C(=O)OC(C)C(=O)NC(N)=O)ccc2Cl)C1. The highest BCUT2D eigenvalue weighted by Crippen LogP contribution is 2.29. The van der Waals surface area contributed by atoms with Crippen LogP contribution in [0.25, 0.3) is 0 Å². The van der Waals surface area contributed by atoms with Gasteiger partial charge in [0, 0.05) is 13.1 Å². The van der Waals surface area contributed by atoms with Gasteiger partial charge in [-0.15, -0.1) is 0 Å². The van der Waals surface area contributed by atoms with Gasteiger partial charge >= 0.3 is 12.0 Å². The number of nitrogens with one attached hydrogen (secondary N) is 1. The van der Waals surface area contributed by atoms with Gasteiger partial charge in [0.15, 0.2) is 6.10 Å². The summed E-state index contributed by atoms with van der Waals surface area (Å²) in [6.07, 6.45) is 0.377. The van der Waals surface area contributed by atoms with E-state index in [9.17, 15) is 22.8 Å². The van der Waals surface area contributed by atoms with Gasteiger partial charge in [0.1, 0.15) is 4.90 Å². The van der Waals surface area contributed by atoms with Gasteiger partial charge in [0.05, 0.1) is 10.6 Å². The van der Waals surface area contributed by atoms with Gasteiger partial charge in [0.2, 0.25) is 10.0 Å². The number of imide groups is 1. The summed E-state index contributed by atoms with van der Waals surface area (Å²) >= 11 is 6.08. The highest BCUT2D eigenvalue weighted by Gasteiger charge is 2.31. The van der Waals surface area contributed by atoms with Gasteiger partial charge in [-0.1, -0.05) is 18.5 Å². The predicted octanol–water partition coefficient (Wildman–Crippen LogP) is 1.50. The zero-order chi connectivity index (χ0) is 21.1. The summed E-state index contributed by atoms with van der Waals surface area (Å²) < 4.78 is 32.2. The van der Waals surface area contributed by atoms with Crippen molar-refractivity contribution < 1.29 is 27.5 Å². The number of nitrogens with zero attached hydrogens (tertiary/aromatic N) is 1. The highest BCUT2D eigenvalue weighted by molar-refractivity contribution is 7.89. The van der Waals surface area contributed by atoms with Crippen LogP contribution in [0.1, 0.15) is 37.0 Å². The van der Waals surface area contributed by atoms with E-state index in [4.69, 9.17) is 22.1 Å². The van der Waals surface area contributed by atoms with Gasteiger partial charge in [-0.05, 0) is 43.9 Å². The van der Waals surface area contributed by atoms with Crippen molar-refractivity contribution in [2.24, 2.45) is 11.7 Å². The largest absolute Gasteiger partial charge is 0.449 e. The number of hydrogen-bond acceptors (Lipinski definition) is 6. The molecule has 1 saturated heterocycles. The number of ether oxygens (including phenoxy) is 1. The van der Waals surface area contributed by atoms with Crippen molar-refractivity contribution in [3.8, 4) is 0 Å². The van der Waals surface area contributed by atoms with Crippen LogP contribution < -0.4 is 11.1 Å². The van der Waals surface area contributed by atoms with E-state index in [2.05, 4.69) is 0 Å². The second-order valence-electron chi connectivity index (χ2n) is 6.66. The molecule has 11 heteroatoms. The summed E-state index contributed by atoms with van der Waals surface area (Å²) in [6.45, 7) is 3.97. The van der Waals surface area contributed by atoms with Gasteiger partial charge < -0.3 is 10.5 Å². The van der Waals surface area contributed by atoms with E-state index in [0.717, 1.165) is 18.9 Å². The molecule has 2 rings (SSSR count). The maximum atomic E-state index is 13.0. The Bertz CT molecular complexity index is 889. The van der Waals surface area contributed by atoms with Crippen molar-refractivity contribution in [2.75, 3.05) is 13.1 Å². The number of carbonyl (C=O) groups is 3.